The van der Waals surface area contributed by atoms with Crippen LogP contribution in [-0.4, -0.2) is 31.6 Å². The molecule has 8 heteroatoms. The summed E-state index contributed by atoms with van der Waals surface area (Å²) in [5.41, 5.74) is -0.118. The number of sulfone groups is 1. The Morgan fingerprint density at radius 2 is 1.90 bits per heavy atom. The third kappa shape index (κ3) is 5.28. The third-order valence-electron chi connectivity index (χ3n) is 2.39. The summed E-state index contributed by atoms with van der Waals surface area (Å²) in [6, 6.07) is 5.15. The second-order valence-electron chi connectivity index (χ2n) is 4.76. The zero-order valence-electron chi connectivity index (χ0n) is 11.7. The molecule has 118 valence electrons. The molecule has 0 spiro atoms. The molecule has 1 N–H and O–H groups in total. The summed E-state index contributed by atoms with van der Waals surface area (Å²) in [5.74, 6) is -2.59. The van der Waals surface area contributed by atoms with Crippen molar-refractivity contribution < 1.29 is 22.0 Å². The first kappa shape index (κ1) is 17.9. The molecule has 0 saturated heterocycles. The molecular formula is C13H17F2NO3S2. The Morgan fingerprint density at radius 1 is 1.29 bits per heavy atom. The van der Waals surface area contributed by atoms with Gasteiger partial charge in [0.2, 0.25) is 15.7 Å². The molecule has 0 aliphatic heterocycles. The Balaban J connectivity index is 2.83. The van der Waals surface area contributed by atoms with E-state index in [2.05, 4.69) is 5.32 Å². The largest absolute Gasteiger partial charge is 0.341 e. The van der Waals surface area contributed by atoms with Crippen molar-refractivity contribution in [2.24, 2.45) is 5.92 Å². The smallest absolute Gasteiger partial charge is 0.324 e. The number of carbonyl (C=O) groups is 1. The summed E-state index contributed by atoms with van der Waals surface area (Å²) in [6.07, 6.45) is 0. The maximum atomic E-state index is 12.6. The monoisotopic (exact) mass is 337 g/mol. The second kappa shape index (κ2) is 7.74. The molecule has 1 aromatic rings. The number of thioether (sulfide) groups is 1. The number of nitrogens with one attached hydrogen (secondary N) is 1. The van der Waals surface area contributed by atoms with E-state index in [1.807, 2.05) is 13.8 Å². The van der Waals surface area contributed by atoms with Crippen molar-refractivity contribution in [2.75, 3.05) is 16.8 Å². The van der Waals surface area contributed by atoms with E-state index in [1.54, 1.807) is 0 Å². The number of carbonyl (C=O) groups excluding carboxylic acids is 1. The molecule has 0 aliphatic carbocycles. The number of anilines is 1. The molecule has 0 unspecified atom stereocenters. The first-order valence-corrected chi connectivity index (χ1v) is 8.94. The summed E-state index contributed by atoms with van der Waals surface area (Å²) in [4.78, 5) is 11.2. The van der Waals surface area contributed by atoms with Gasteiger partial charge in [0.15, 0.2) is 0 Å². The molecule has 0 radical (unpaired) electrons. The van der Waals surface area contributed by atoms with Crippen LogP contribution in [0.15, 0.2) is 29.2 Å². The zero-order valence-corrected chi connectivity index (χ0v) is 13.3. The molecule has 0 heterocycles. The lowest BCUT2D eigenvalue weighted by Crippen LogP contribution is -2.19. The molecular weight excluding hydrogens is 320 g/mol. The lowest BCUT2D eigenvalue weighted by Gasteiger charge is -2.11. The minimum absolute atomic E-state index is 0.118. The van der Waals surface area contributed by atoms with Gasteiger partial charge in [-0.05, 0) is 23.8 Å². The van der Waals surface area contributed by atoms with Crippen LogP contribution in [0.4, 0.5) is 14.5 Å². The van der Waals surface area contributed by atoms with Crippen LogP contribution >= 0.6 is 11.8 Å². The van der Waals surface area contributed by atoms with Crippen molar-refractivity contribution in [3.05, 3.63) is 24.3 Å². The van der Waals surface area contributed by atoms with Crippen LogP contribution in [-0.2, 0) is 14.6 Å². The van der Waals surface area contributed by atoms with Crippen molar-refractivity contribution in [3.8, 4) is 0 Å². The van der Waals surface area contributed by atoms with Gasteiger partial charge in [0.05, 0.1) is 16.3 Å². The van der Waals surface area contributed by atoms with Crippen molar-refractivity contribution >= 4 is 33.2 Å². The van der Waals surface area contributed by atoms with E-state index in [9.17, 15) is 22.0 Å². The molecule has 1 rings (SSSR count). The van der Waals surface area contributed by atoms with Gasteiger partial charge >= 0.3 is 5.76 Å². The fourth-order valence-corrected chi connectivity index (χ4v) is 3.22. The maximum Gasteiger partial charge on any atom is 0.341 e. The van der Waals surface area contributed by atoms with Gasteiger partial charge in [-0.2, -0.15) is 20.5 Å². The predicted octanol–water partition coefficient (Wildman–Crippen LogP) is 3.01. The van der Waals surface area contributed by atoms with E-state index in [4.69, 9.17) is 0 Å². The standard InChI is InChI=1S/C13H17F2NO3S2/c1-9(2)7-20-8-12(17)16-10-5-3-4-6-11(10)21(18,19)13(14)15/h3-6,9,13H,7-8H2,1-2H3,(H,16,17). The summed E-state index contributed by atoms with van der Waals surface area (Å²) in [5, 5.41) is 2.37. The van der Waals surface area contributed by atoms with Crippen molar-refractivity contribution in [2.45, 2.75) is 24.5 Å². The van der Waals surface area contributed by atoms with Crippen molar-refractivity contribution in [1.82, 2.24) is 0 Å². The number of para-hydroxylation sites is 1. The molecule has 1 aromatic carbocycles. The predicted molar refractivity (Wildman–Crippen MR) is 80.4 cm³/mol. The number of hydrogen-bond donors (Lipinski definition) is 1. The van der Waals surface area contributed by atoms with Crippen LogP contribution in [0.25, 0.3) is 0 Å². The van der Waals surface area contributed by atoms with Gasteiger partial charge in [0.25, 0.3) is 0 Å². The summed E-state index contributed by atoms with van der Waals surface area (Å²) < 4.78 is 48.3. The summed E-state index contributed by atoms with van der Waals surface area (Å²) in [6.45, 7) is 4.02. The number of halogens is 2. The first-order valence-electron chi connectivity index (χ1n) is 6.23. The van der Waals surface area contributed by atoms with E-state index in [0.717, 1.165) is 11.8 Å². The van der Waals surface area contributed by atoms with Crippen LogP contribution in [0.2, 0.25) is 0 Å². The molecule has 0 aromatic heterocycles. The highest BCUT2D eigenvalue weighted by atomic mass is 32.2. The highest BCUT2D eigenvalue weighted by Gasteiger charge is 2.29. The van der Waals surface area contributed by atoms with Crippen molar-refractivity contribution in [1.29, 1.82) is 0 Å². The molecule has 0 fully saturated rings. The summed E-state index contributed by atoms with van der Waals surface area (Å²) in [7, 11) is -4.74. The Hall–Kier alpha value is -1.15. The second-order valence-corrected chi connectivity index (χ2v) is 7.68. The van der Waals surface area contributed by atoms with Gasteiger partial charge in [0.1, 0.15) is 0 Å². The number of hydrogen-bond acceptors (Lipinski definition) is 4. The zero-order chi connectivity index (χ0) is 16.0. The molecule has 1 amide bonds. The number of benzene rings is 1. The lowest BCUT2D eigenvalue weighted by atomic mass is 10.3. The molecule has 0 aliphatic rings. The Morgan fingerprint density at radius 3 is 2.48 bits per heavy atom. The van der Waals surface area contributed by atoms with Gasteiger partial charge in [-0.15, -0.1) is 0 Å². The van der Waals surface area contributed by atoms with Crippen LogP contribution in [0.1, 0.15) is 13.8 Å². The normalized spacial score (nSPS) is 11.9. The minimum Gasteiger partial charge on any atom is -0.324 e. The van der Waals surface area contributed by atoms with Crippen molar-refractivity contribution in [3.63, 3.8) is 0 Å². The quantitative estimate of drug-likeness (QED) is 0.831. The van der Waals surface area contributed by atoms with E-state index in [1.165, 1.54) is 30.0 Å². The van der Waals surface area contributed by atoms with Crippen LogP contribution in [0.3, 0.4) is 0 Å². The lowest BCUT2D eigenvalue weighted by molar-refractivity contribution is -0.113. The fourth-order valence-electron chi connectivity index (χ4n) is 1.49. The average molecular weight is 337 g/mol. The van der Waals surface area contributed by atoms with Gasteiger partial charge in [-0.1, -0.05) is 26.0 Å². The first-order chi connectivity index (χ1) is 9.75. The van der Waals surface area contributed by atoms with E-state index < -0.39 is 26.4 Å². The van der Waals surface area contributed by atoms with E-state index >= 15 is 0 Å². The SMILES string of the molecule is CC(C)CSCC(=O)Nc1ccccc1S(=O)(=O)C(F)F. The minimum atomic E-state index is -4.74. The highest BCUT2D eigenvalue weighted by molar-refractivity contribution is 7.99. The molecule has 0 atom stereocenters. The highest BCUT2D eigenvalue weighted by Crippen LogP contribution is 2.26. The van der Waals surface area contributed by atoms with Gasteiger partial charge < -0.3 is 5.32 Å². The Kier molecular flexibility index (Phi) is 6.60. The Labute approximate surface area is 127 Å². The van der Waals surface area contributed by atoms with Gasteiger partial charge in [-0.3, -0.25) is 4.79 Å². The van der Waals surface area contributed by atoms with Crippen LogP contribution < -0.4 is 5.32 Å². The number of amides is 1. The maximum absolute atomic E-state index is 12.6. The molecule has 21 heavy (non-hydrogen) atoms. The number of rotatable bonds is 7. The fraction of sp³-hybridized carbons (Fsp3) is 0.462. The number of alkyl halides is 2. The Bertz CT molecular complexity index is 589. The molecule has 0 bridgehead atoms. The van der Waals surface area contributed by atoms with Gasteiger partial charge in [0, 0.05) is 0 Å². The average Bonchev–Trinajstić information content (AvgIpc) is 2.38. The van der Waals surface area contributed by atoms with Gasteiger partial charge in [-0.25, -0.2) is 8.42 Å². The van der Waals surface area contributed by atoms with E-state index in [0.29, 0.717) is 5.92 Å². The summed E-state index contributed by atoms with van der Waals surface area (Å²) >= 11 is 1.40. The van der Waals surface area contributed by atoms with Crippen LogP contribution in [0, 0.1) is 5.92 Å². The molecule has 0 saturated carbocycles. The van der Waals surface area contributed by atoms with Crippen LogP contribution in [0.5, 0.6) is 0 Å². The third-order valence-corrected chi connectivity index (χ3v) is 5.19. The topological polar surface area (TPSA) is 63.2 Å². The van der Waals surface area contributed by atoms with E-state index in [-0.39, 0.29) is 11.4 Å². The molecule has 4 nitrogen and oxygen atoms in total.